The number of aryl methyl sites for hydroxylation is 1. The average molecular weight is 323 g/mol. The highest BCUT2D eigenvalue weighted by Gasteiger charge is 2.25. The second-order valence-corrected chi connectivity index (χ2v) is 7.55. The Balaban J connectivity index is 1.80. The molecule has 21 heavy (non-hydrogen) atoms. The second-order valence-electron chi connectivity index (χ2n) is 5.72. The van der Waals surface area contributed by atoms with Crippen LogP contribution in [0.25, 0.3) is 11.3 Å². The predicted octanol–water partition coefficient (Wildman–Crippen LogP) is 3.05. The van der Waals surface area contributed by atoms with E-state index in [0.717, 1.165) is 40.7 Å². The molecule has 3 rings (SSSR count). The minimum Gasteiger partial charge on any atom is -0.382 e. The lowest BCUT2D eigenvalue weighted by atomic mass is 9.99. The summed E-state index contributed by atoms with van der Waals surface area (Å²) < 4.78 is 4.31. The van der Waals surface area contributed by atoms with Crippen molar-refractivity contribution in [1.82, 2.24) is 14.3 Å². The van der Waals surface area contributed by atoms with E-state index in [1.54, 1.807) is 11.3 Å². The summed E-state index contributed by atoms with van der Waals surface area (Å²) in [6.07, 6.45) is 2.29. The number of nitrogens with zero attached hydrogens (tertiary/aromatic N) is 3. The van der Waals surface area contributed by atoms with Crippen LogP contribution in [0.4, 0.5) is 10.8 Å². The largest absolute Gasteiger partial charge is 0.382 e. The number of aromatic nitrogens is 2. The molecule has 0 amide bonds. The van der Waals surface area contributed by atoms with Gasteiger partial charge in [-0.2, -0.15) is 4.37 Å². The molecule has 1 aliphatic heterocycles. The molecule has 5 nitrogen and oxygen atoms in total. The molecular formula is C14H21N5S2. The molecule has 114 valence electrons. The average Bonchev–Trinajstić information content (AvgIpc) is 3.00. The zero-order chi connectivity index (χ0) is 15.0. The van der Waals surface area contributed by atoms with Crippen molar-refractivity contribution in [2.45, 2.75) is 38.8 Å². The maximum absolute atomic E-state index is 6.05. The number of likely N-dealkylation sites (tertiary alicyclic amines) is 1. The van der Waals surface area contributed by atoms with Crippen LogP contribution in [-0.4, -0.2) is 39.9 Å². The molecule has 2 aromatic rings. The lowest BCUT2D eigenvalue weighted by molar-refractivity contribution is 0.190. The molecule has 0 aromatic carbocycles. The second kappa shape index (κ2) is 5.90. The van der Waals surface area contributed by atoms with Gasteiger partial charge in [0.15, 0.2) is 0 Å². The number of nitrogens with two attached hydrogens (primary N) is 1. The summed E-state index contributed by atoms with van der Waals surface area (Å²) in [4.78, 5) is 6.96. The van der Waals surface area contributed by atoms with Crippen molar-refractivity contribution in [3.63, 3.8) is 0 Å². The van der Waals surface area contributed by atoms with Crippen LogP contribution in [0.3, 0.4) is 0 Å². The number of hydrogen-bond donors (Lipinski definition) is 2. The van der Waals surface area contributed by atoms with Crippen molar-refractivity contribution in [2.24, 2.45) is 0 Å². The quantitative estimate of drug-likeness (QED) is 0.909. The summed E-state index contributed by atoms with van der Waals surface area (Å²) in [5.41, 5.74) is 7.96. The van der Waals surface area contributed by atoms with E-state index >= 15 is 0 Å². The van der Waals surface area contributed by atoms with Crippen LogP contribution < -0.4 is 11.1 Å². The molecule has 7 heteroatoms. The number of nitrogen functional groups attached to an aromatic ring is 1. The van der Waals surface area contributed by atoms with E-state index in [1.165, 1.54) is 11.5 Å². The van der Waals surface area contributed by atoms with E-state index in [2.05, 4.69) is 38.9 Å². The highest BCUT2D eigenvalue weighted by molar-refractivity contribution is 7.11. The van der Waals surface area contributed by atoms with Gasteiger partial charge in [0.2, 0.25) is 0 Å². The summed E-state index contributed by atoms with van der Waals surface area (Å²) in [5.74, 6) is 0.578. The Morgan fingerprint density at radius 3 is 2.95 bits per heavy atom. The first-order chi connectivity index (χ1) is 10.0. The molecular weight excluding hydrogens is 302 g/mol. The summed E-state index contributed by atoms with van der Waals surface area (Å²) in [6, 6.07) is 1.08. The Hall–Kier alpha value is -1.18. The maximum Gasteiger partial charge on any atom is 0.148 e. The van der Waals surface area contributed by atoms with Crippen molar-refractivity contribution in [3.8, 4) is 11.3 Å². The number of thiazole rings is 1. The van der Waals surface area contributed by atoms with Gasteiger partial charge in [0.05, 0.1) is 16.3 Å². The fourth-order valence-electron chi connectivity index (χ4n) is 2.73. The van der Waals surface area contributed by atoms with Crippen molar-refractivity contribution < 1.29 is 0 Å². The number of piperidine rings is 1. The van der Waals surface area contributed by atoms with Gasteiger partial charge in [0.25, 0.3) is 0 Å². The van der Waals surface area contributed by atoms with Crippen LogP contribution in [0.2, 0.25) is 0 Å². The molecule has 2 aromatic heterocycles. The Bertz CT molecular complexity index is 621. The fraction of sp³-hybridized carbons (Fsp3) is 0.571. The molecule has 0 spiro atoms. The van der Waals surface area contributed by atoms with Crippen molar-refractivity contribution in [2.75, 3.05) is 24.6 Å². The number of anilines is 2. The molecule has 3 N–H and O–H groups in total. The first kappa shape index (κ1) is 14.7. The molecule has 0 saturated carbocycles. The smallest absolute Gasteiger partial charge is 0.148 e. The van der Waals surface area contributed by atoms with Gasteiger partial charge in [0.1, 0.15) is 10.8 Å². The van der Waals surface area contributed by atoms with E-state index in [1.807, 2.05) is 6.92 Å². The van der Waals surface area contributed by atoms with Crippen molar-refractivity contribution in [1.29, 1.82) is 0 Å². The van der Waals surface area contributed by atoms with Crippen molar-refractivity contribution >= 4 is 33.7 Å². The Labute approximate surface area is 133 Å². The number of nitrogens with one attached hydrogen (secondary N) is 1. The summed E-state index contributed by atoms with van der Waals surface area (Å²) in [5, 5.41) is 7.80. The van der Waals surface area contributed by atoms with Gasteiger partial charge >= 0.3 is 0 Å². The minimum atomic E-state index is 0.481. The molecule has 2 unspecified atom stereocenters. The van der Waals surface area contributed by atoms with Crippen LogP contribution in [0, 0.1) is 6.92 Å². The third-order valence-corrected chi connectivity index (χ3v) is 5.70. The Morgan fingerprint density at radius 2 is 2.29 bits per heavy atom. The summed E-state index contributed by atoms with van der Waals surface area (Å²) in [6.45, 7) is 5.41. The van der Waals surface area contributed by atoms with Gasteiger partial charge in [-0.15, -0.1) is 11.3 Å². The molecule has 0 radical (unpaired) electrons. The van der Waals surface area contributed by atoms with Gasteiger partial charge in [-0.25, -0.2) is 4.98 Å². The van der Waals surface area contributed by atoms with Gasteiger partial charge in [0, 0.05) is 24.0 Å². The van der Waals surface area contributed by atoms with E-state index in [4.69, 9.17) is 5.73 Å². The first-order valence-electron chi connectivity index (χ1n) is 7.19. The highest BCUT2D eigenvalue weighted by atomic mass is 32.1. The van der Waals surface area contributed by atoms with E-state index in [-0.39, 0.29) is 0 Å². The highest BCUT2D eigenvalue weighted by Crippen LogP contribution is 2.38. The van der Waals surface area contributed by atoms with Gasteiger partial charge < -0.3 is 16.0 Å². The fourth-order valence-corrected chi connectivity index (χ4v) is 4.14. The molecule has 2 atom stereocenters. The first-order valence-corrected chi connectivity index (χ1v) is 8.84. The van der Waals surface area contributed by atoms with Crippen LogP contribution >= 0.6 is 22.9 Å². The van der Waals surface area contributed by atoms with Crippen LogP contribution in [0.1, 0.15) is 24.8 Å². The SMILES string of the molecule is Cc1nc(-c2c(N)nsc2NC2CCN(C)C(C)C2)cs1. The standard InChI is InChI=1S/C14H21N5S2/c1-8-6-10(4-5-19(8)3)17-14-12(13(15)18-21-14)11-7-20-9(2)16-11/h7-8,10,17H,4-6H2,1-3H3,(H2,15,18). The number of hydrogen-bond acceptors (Lipinski definition) is 7. The molecule has 3 heterocycles. The Morgan fingerprint density at radius 1 is 1.48 bits per heavy atom. The van der Waals surface area contributed by atoms with E-state index < -0.39 is 0 Å². The van der Waals surface area contributed by atoms with Crippen LogP contribution in [0.15, 0.2) is 5.38 Å². The number of rotatable bonds is 3. The molecule has 1 fully saturated rings. The monoisotopic (exact) mass is 323 g/mol. The third-order valence-electron chi connectivity index (χ3n) is 4.14. The lowest BCUT2D eigenvalue weighted by Gasteiger charge is -2.35. The van der Waals surface area contributed by atoms with E-state index in [0.29, 0.717) is 17.9 Å². The normalized spacial score (nSPS) is 23.4. The summed E-state index contributed by atoms with van der Waals surface area (Å²) >= 11 is 3.08. The van der Waals surface area contributed by atoms with E-state index in [9.17, 15) is 0 Å². The summed E-state index contributed by atoms with van der Waals surface area (Å²) in [7, 11) is 2.19. The zero-order valence-corrected chi connectivity index (χ0v) is 14.2. The van der Waals surface area contributed by atoms with Gasteiger partial charge in [-0.1, -0.05) is 0 Å². The van der Waals surface area contributed by atoms with Gasteiger partial charge in [-0.3, -0.25) is 0 Å². The molecule has 0 aliphatic carbocycles. The predicted molar refractivity (Wildman–Crippen MR) is 91.1 cm³/mol. The maximum atomic E-state index is 6.05. The van der Waals surface area contributed by atoms with Gasteiger partial charge in [-0.05, 0) is 45.3 Å². The third kappa shape index (κ3) is 3.04. The van der Waals surface area contributed by atoms with Crippen LogP contribution in [0.5, 0.6) is 0 Å². The molecule has 0 bridgehead atoms. The topological polar surface area (TPSA) is 67.1 Å². The molecule has 1 aliphatic rings. The zero-order valence-electron chi connectivity index (χ0n) is 12.6. The van der Waals surface area contributed by atoms with Crippen molar-refractivity contribution in [3.05, 3.63) is 10.4 Å². The molecule has 1 saturated heterocycles. The minimum absolute atomic E-state index is 0.481. The van der Waals surface area contributed by atoms with Crippen LogP contribution in [-0.2, 0) is 0 Å². The lowest BCUT2D eigenvalue weighted by Crippen LogP contribution is -2.42. The Kier molecular flexibility index (Phi) is 4.14.